The van der Waals surface area contributed by atoms with Crippen LogP contribution in [0.1, 0.15) is 25.7 Å². The van der Waals surface area contributed by atoms with Crippen molar-refractivity contribution in [1.29, 1.82) is 0 Å². The number of fused-ring (bicyclic) bond motifs is 1. The summed E-state index contributed by atoms with van der Waals surface area (Å²) >= 11 is 1.88. The number of rotatable bonds is 4. The molecule has 3 aliphatic rings. The van der Waals surface area contributed by atoms with Crippen molar-refractivity contribution < 1.29 is 9.47 Å². The van der Waals surface area contributed by atoms with Crippen molar-refractivity contribution in [2.45, 2.75) is 37.8 Å². The molecule has 28 heavy (non-hydrogen) atoms. The molecule has 2 aromatic heterocycles. The van der Waals surface area contributed by atoms with E-state index in [-0.39, 0.29) is 6.10 Å². The van der Waals surface area contributed by atoms with Gasteiger partial charge in [-0.15, -0.1) is 11.8 Å². The first-order valence-electron chi connectivity index (χ1n) is 10.2. The molecule has 0 spiro atoms. The van der Waals surface area contributed by atoms with Gasteiger partial charge < -0.3 is 19.3 Å². The van der Waals surface area contributed by atoms with Gasteiger partial charge in [0.25, 0.3) is 0 Å². The maximum Gasteiger partial charge on any atom is 0.225 e. The number of hydrogen-bond donors (Lipinski definition) is 0. The van der Waals surface area contributed by atoms with Gasteiger partial charge in [0.2, 0.25) is 5.88 Å². The highest BCUT2D eigenvalue weighted by atomic mass is 32.2. The Morgan fingerprint density at radius 3 is 2.79 bits per heavy atom. The normalized spacial score (nSPS) is 25.4. The molecule has 1 saturated carbocycles. The monoisotopic (exact) mass is 398 g/mol. The first-order valence-corrected chi connectivity index (χ1v) is 11.2. The number of pyridine rings is 2. The highest BCUT2D eigenvalue weighted by Gasteiger charge is 2.27. The Labute approximate surface area is 169 Å². The second-order valence-corrected chi connectivity index (χ2v) is 8.46. The average molecular weight is 399 g/mol. The van der Waals surface area contributed by atoms with Crippen LogP contribution in [-0.4, -0.2) is 59.2 Å². The second-order valence-electron chi connectivity index (χ2n) is 7.60. The van der Waals surface area contributed by atoms with Gasteiger partial charge in [0.1, 0.15) is 11.9 Å². The largest absolute Gasteiger partial charge is 0.474 e. The van der Waals surface area contributed by atoms with Crippen molar-refractivity contribution in [1.82, 2.24) is 14.9 Å². The lowest BCUT2D eigenvalue weighted by atomic mass is 9.92. The second kappa shape index (κ2) is 8.17. The molecule has 0 aromatic carbocycles. The lowest BCUT2D eigenvalue weighted by Gasteiger charge is -2.34. The van der Waals surface area contributed by atoms with Crippen LogP contribution in [0.2, 0.25) is 0 Å². The zero-order valence-electron chi connectivity index (χ0n) is 16.0. The summed E-state index contributed by atoms with van der Waals surface area (Å²) in [6.45, 7) is 3.20. The molecule has 0 unspecified atom stereocenters. The highest BCUT2D eigenvalue weighted by Crippen LogP contribution is 2.33. The minimum absolute atomic E-state index is 0.228. The van der Waals surface area contributed by atoms with Crippen LogP contribution in [-0.2, 0) is 4.74 Å². The first-order chi connectivity index (χ1) is 13.9. The number of thioether (sulfide) groups is 1. The van der Waals surface area contributed by atoms with E-state index in [2.05, 4.69) is 38.5 Å². The Bertz CT molecular complexity index is 847. The summed E-state index contributed by atoms with van der Waals surface area (Å²) in [4.78, 5) is 14.2. The summed E-state index contributed by atoms with van der Waals surface area (Å²) in [6.07, 6.45) is 8.80. The van der Waals surface area contributed by atoms with Gasteiger partial charge in [0.15, 0.2) is 0 Å². The van der Waals surface area contributed by atoms with E-state index in [0.717, 1.165) is 67.6 Å². The minimum Gasteiger partial charge on any atom is -0.474 e. The maximum absolute atomic E-state index is 6.46. The Morgan fingerprint density at radius 2 is 2.00 bits per heavy atom. The molecule has 0 N–H and O–H groups in total. The molecule has 0 amide bonds. The van der Waals surface area contributed by atoms with Crippen LogP contribution < -0.4 is 9.64 Å². The highest BCUT2D eigenvalue weighted by molar-refractivity contribution is 8.02. The van der Waals surface area contributed by atoms with E-state index in [1.54, 1.807) is 0 Å². The predicted molar refractivity (Wildman–Crippen MR) is 113 cm³/mol. The van der Waals surface area contributed by atoms with Gasteiger partial charge in [0.05, 0.1) is 30.0 Å². The van der Waals surface area contributed by atoms with Gasteiger partial charge in [-0.25, -0.2) is 0 Å². The van der Waals surface area contributed by atoms with Crippen LogP contribution in [0.3, 0.4) is 0 Å². The number of ether oxygens (including phenoxy) is 2. The van der Waals surface area contributed by atoms with Crippen LogP contribution in [0.25, 0.3) is 10.9 Å². The third-order valence-electron chi connectivity index (χ3n) is 5.85. The molecule has 148 valence electrons. The van der Waals surface area contributed by atoms with Crippen molar-refractivity contribution in [3.63, 3.8) is 0 Å². The Morgan fingerprint density at radius 1 is 1.14 bits per heavy atom. The first kappa shape index (κ1) is 18.1. The molecule has 2 fully saturated rings. The molecular formula is C21H26N4O2S. The van der Waals surface area contributed by atoms with E-state index < -0.39 is 0 Å². The molecule has 1 aliphatic carbocycles. The number of nitrogens with zero attached hydrogens (tertiary/aromatic N) is 4. The smallest absolute Gasteiger partial charge is 0.225 e. The van der Waals surface area contributed by atoms with E-state index >= 15 is 0 Å². The van der Waals surface area contributed by atoms with Gasteiger partial charge in [-0.05, 0) is 43.2 Å². The Hall–Kier alpha value is -1.99. The van der Waals surface area contributed by atoms with E-state index in [1.807, 2.05) is 24.0 Å². The van der Waals surface area contributed by atoms with Crippen molar-refractivity contribution in [2.75, 3.05) is 37.1 Å². The number of anilines is 1. The van der Waals surface area contributed by atoms with Crippen LogP contribution >= 0.6 is 11.8 Å². The summed E-state index contributed by atoms with van der Waals surface area (Å²) in [7, 11) is 0. The van der Waals surface area contributed by atoms with E-state index in [0.29, 0.717) is 6.04 Å². The molecule has 6 nitrogen and oxygen atoms in total. The molecule has 1 saturated heterocycles. The lowest BCUT2D eigenvalue weighted by Crippen LogP contribution is -2.37. The number of aromatic nitrogens is 2. The van der Waals surface area contributed by atoms with Crippen molar-refractivity contribution in [3.05, 3.63) is 36.0 Å². The molecule has 0 bridgehead atoms. The molecular weight excluding hydrogens is 372 g/mol. The fourth-order valence-corrected chi connectivity index (χ4v) is 5.05. The van der Waals surface area contributed by atoms with Gasteiger partial charge in [-0.3, -0.25) is 4.98 Å². The third kappa shape index (κ3) is 3.78. The van der Waals surface area contributed by atoms with Gasteiger partial charge in [-0.1, -0.05) is 0 Å². The molecule has 2 aliphatic heterocycles. The Kier molecular flexibility index (Phi) is 5.27. The lowest BCUT2D eigenvalue weighted by molar-refractivity contribution is 0.113. The minimum atomic E-state index is 0.228. The fraction of sp³-hybridized carbons (Fsp3) is 0.524. The van der Waals surface area contributed by atoms with Crippen LogP contribution in [0, 0.1) is 0 Å². The molecule has 0 radical (unpaired) electrons. The molecule has 7 heteroatoms. The van der Waals surface area contributed by atoms with Gasteiger partial charge >= 0.3 is 0 Å². The van der Waals surface area contributed by atoms with Crippen LogP contribution in [0.5, 0.6) is 5.88 Å². The van der Waals surface area contributed by atoms with Crippen molar-refractivity contribution in [2.24, 2.45) is 0 Å². The third-order valence-corrected chi connectivity index (χ3v) is 6.61. The predicted octanol–water partition coefficient (Wildman–Crippen LogP) is 3.63. The average Bonchev–Trinajstić information content (AvgIpc) is 3.30. The van der Waals surface area contributed by atoms with E-state index in [4.69, 9.17) is 14.5 Å². The quantitative estimate of drug-likeness (QED) is 0.779. The molecule has 0 atom stereocenters. The topological polar surface area (TPSA) is 50.7 Å². The van der Waals surface area contributed by atoms with Gasteiger partial charge in [-0.2, -0.15) is 4.98 Å². The van der Waals surface area contributed by atoms with E-state index in [9.17, 15) is 0 Å². The number of hydrogen-bond acceptors (Lipinski definition) is 7. The zero-order valence-corrected chi connectivity index (χ0v) is 16.8. The molecule has 2 aromatic rings. The molecule has 5 rings (SSSR count). The van der Waals surface area contributed by atoms with Gasteiger partial charge in [0, 0.05) is 37.6 Å². The summed E-state index contributed by atoms with van der Waals surface area (Å²) in [5, 5.41) is 3.20. The SMILES string of the molecule is C1=CN(C2CCC(Oc3nc(N4CCOCC4)cc4ncccc34)CC2)CS1. The molecule has 4 heterocycles. The summed E-state index contributed by atoms with van der Waals surface area (Å²) in [5.74, 6) is 2.76. The van der Waals surface area contributed by atoms with Crippen LogP contribution in [0.4, 0.5) is 5.82 Å². The Balaban J connectivity index is 1.34. The fourth-order valence-electron chi connectivity index (χ4n) is 4.25. The zero-order chi connectivity index (χ0) is 18.8. The van der Waals surface area contributed by atoms with E-state index in [1.165, 1.54) is 12.8 Å². The number of morpholine rings is 1. The van der Waals surface area contributed by atoms with Crippen molar-refractivity contribution in [3.8, 4) is 5.88 Å². The summed E-state index contributed by atoms with van der Waals surface area (Å²) in [5.41, 5.74) is 0.946. The van der Waals surface area contributed by atoms with Crippen LogP contribution in [0.15, 0.2) is 36.0 Å². The van der Waals surface area contributed by atoms with Crippen molar-refractivity contribution >= 4 is 28.5 Å². The summed E-state index contributed by atoms with van der Waals surface area (Å²) in [6, 6.07) is 6.74. The summed E-state index contributed by atoms with van der Waals surface area (Å²) < 4.78 is 11.9. The maximum atomic E-state index is 6.46. The standard InChI is InChI=1S/C21H26N4O2S/c1-2-18-19(22-7-1)14-20(24-8-11-26-12-9-24)23-21(18)27-17-5-3-16(4-6-17)25-10-13-28-15-25/h1-2,7,10,13-14,16-17H,3-6,8-9,11-12,15H2.